The van der Waals surface area contributed by atoms with Gasteiger partial charge in [0.1, 0.15) is 5.03 Å². The van der Waals surface area contributed by atoms with Crippen molar-refractivity contribution in [3.8, 4) is 0 Å². The summed E-state index contributed by atoms with van der Waals surface area (Å²) in [6.07, 6.45) is -2.49. The number of fused-ring (bicyclic) bond motifs is 1. The number of hydrogen-bond acceptors (Lipinski definition) is 4. The molecule has 3 nitrogen and oxygen atoms in total. The van der Waals surface area contributed by atoms with Gasteiger partial charge in [-0.2, -0.15) is 13.2 Å². The molecule has 1 aromatic carbocycles. The van der Waals surface area contributed by atoms with E-state index in [0.29, 0.717) is 21.7 Å². The second kappa shape index (κ2) is 5.81. The van der Waals surface area contributed by atoms with Crippen molar-refractivity contribution in [3.05, 3.63) is 30.1 Å². The molecular formula is C14H13F3N2OS. The first-order chi connectivity index (χ1) is 10.0. The molecule has 0 N–H and O–H groups in total. The van der Waals surface area contributed by atoms with Gasteiger partial charge in [-0.05, 0) is 18.9 Å². The molecule has 1 aromatic heterocycles. The van der Waals surface area contributed by atoms with Crippen LogP contribution >= 0.6 is 11.8 Å². The Bertz CT molecular complexity index is 642. The molecule has 1 unspecified atom stereocenters. The van der Waals surface area contributed by atoms with E-state index in [2.05, 4.69) is 9.97 Å². The summed E-state index contributed by atoms with van der Waals surface area (Å²) in [7, 11) is 0. The minimum atomic E-state index is -4.54. The summed E-state index contributed by atoms with van der Waals surface area (Å²) < 4.78 is 44.1. The van der Waals surface area contributed by atoms with Gasteiger partial charge in [-0.15, -0.1) is 11.8 Å². The van der Waals surface area contributed by atoms with Crippen molar-refractivity contribution in [2.45, 2.75) is 30.1 Å². The zero-order valence-electron chi connectivity index (χ0n) is 11.1. The van der Waals surface area contributed by atoms with Gasteiger partial charge >= 0.3 is 6.18 Å². The number of aromatic nitrogens is 2. The number of alkyl halides is 3. The molecule has 1 aliphatic rings. The summed E-state index contributed by atoms with van der Waals surface area (Å²) in [5.74, 6) is -0.478. The molecule has 0 bridgehead atoms. The van der Waals surface area contributed by atoms with Crippen LogP contribution in [-0.4, -0.2) is 28.4 Å². The summed E-state index contributed by atoms with van der Waals surface area (Å²) in [5.41, 5.74) is 0.315. The van der Waals surface area contributed by atoms with Crippen molar-refractivity contribution in [3.63, 3.8) is 0 Å². The maximum absolute atomic E-state index is 12.9. The first-order valence-corrected chi connectivity index (χ1v) is 7.61. The monoisotopic (exact) mass is 314 g/mol. The molecule has 0 radical (unpaired) electrons. The standard InChI is InChI=1S/C14H13F3N2OS/c15-14(16,17)13-18-11-6-2-1-5-10(11)12(19-13)21-8-9-4-3-7-20-9/h1-2,5-6,9H,3-4,7-8H2. The van der Waals surface area contributed by atoms with Gasteiger partial charge in [0.25, 0.3) is 0 Å². The zero-order valence-corrected chi connectivity index (χ0v) is 11.9. The van der Waals surface area contributed by atoms with E-state index in [9.17, 15) is 13.2 Å². The fourth-order valence-corrected chi connectivity index (χ4v) is 3.32. The van der Waals surface area contributed by atoms with Gasteiger partial charge in [-0.1, -0.05) is 18.2 Å². The first kappa shape index (κ1) is 14.6. The van der Waals surface area contributed by atoms with E-state index >= 15 is 0 Å². The molecule has 7 heteroatoms. The zero-order chi connectivity index (χ0) is 14.9. The van der Waals surface area contributed by atoms with Crippen molar-refractivity contribution in [2.75, 3.05) is 12.4 Å². The maximum Gasteiger partial charge on any atom is 0.451 e. The van der Waals surface area contributed by atoms with Crippen LogP contribution in [0.4, 0.5) is 13.2 Å². The van der Waals surface area contributed by atoms with Crippen LogP contribution < -0.4 is 0 Å². The van der Waals surface area contributed by atoms with Gasteiger partial charge in [-0.3, -0.25) is 0 Å². The lowest BCUT2D eigenvalue weighted by Gasteiger charge is -2.12. The highest BCUT2D eigenvalue weighted by atomic mass is 32.2. The lowest BCUT2D eigenvalue weighted by Crippen LogP contribution is -2.13. The van der Waals surface area contributed by atoms with E-state index < -0.39 is 12.0 Å². The van der Waals surface area contributed by atoms with Crippen LogP contribution in [0, 0.1) is 0 Å². The van der Waals surface area contributed by atoms with Gasteiger partial charge in [0.2, 0.25) is 5.82 Å². The van der Waals surface area contributed by atoms with Crippen LogP contribution in [0.15, 0.2) is 29.3 Å². The molecule has 1 fully saturated rings. The third-order valence-corrected chi connectivity index (χ3v) is 4.37. The van der Waals surface area contributed by atoms with E-state index in [-0.39, 0.29) is 6.10 Å². The van der Waals surface area contributed by atoms with Gasteiger partial charge in [0.15, 0.2) is 0 Å². The maximum atomic E-state index is 12.9. The minimum absolute atomic E-state index is 0.0954. The van der Waals surface area contributed by atoms with Crippen molar-refractivity contribution in [2.24, 2.45) is 0 Å². The minimum Gasteiger partial charge on any atom is -0.377 e. The van der Waals surface area contributed by atoms with E-state index in [0.717, 1.165) is 19.4 Å². The van der Waals surface area contributed by atoms with Gasteiger partial charge in [-0.25, -0.2) is 9.97 Å². The highest BCUT2D eigenvalue weighted by Crippen LogP contribution is 2.33. The second-order valence-electron chi connectivity index (χ2n) is 4.81. The Labute approximate surface area is 123 Å². The smallest absolute Gasteiger partial charge is 0.377 e. The largest absolute Gasteiger partial charge is 0.451 e. The molecule has 0 aliphatic carbocycles. The number of rotatable bonds is 3. The van der Waals surface area contributed by atoms with E-state index in [1.165, 1.54) is 11.8 Å². The topological polar surface area (TPSA) is 35.0 Å². The third kappa shape index (κ3) is 3.29. The Kier molecular flexibility index (Phi) is 4.03. The van der Waals surface area contributed by atoms with Crippen LogP contribution in [0.1, 0.15) is 18.7 Å². The van der Waals surface area contributed by atoms with Crippen LogP contribution in [0.2, 0.25) is 0 Å². The van der Waals surface area contributed by atoms with Crippen molar-refractivity contribution >= 4 is 22.7 Å². The number of thioether (sulfide) groups is 1. The number of halogens is 3. The molecule has 1 saturated heterocycles. The number of hydrogen-bond donors (Lipinski definition) is 0. The second-order valence-corrected chi connectivity index (χ2v) is 5.82. The molecule has 112 valence electrons. The number of benzene rings is 1. The summed E-state index contributed by atoms with van der Waals surface area (Å²) in [6, 6.07) is 6.76. The summed E-state index contributed by atoms with van der Waals surface area (Å²) >= 11 is 1.30. The normalized spacial score (nSPS) is 19.3. The lowest BCUT2D eigenvalue weighted by molar-refractivity contribution is -0.145. The molecule has 2 aromatic rings. The average molecular weight is 314 g/mol. The quantitative estimate of drug-likeness (QED) is 0.635. The Morgan fingerprint density at radius 1 is 1.24 bits per heavy atom. The molecule has 21 heavy (non-hydrogen) atoms. The SMILES string of the molecule is FC(F)(F)c1nc(SCC2CCCO2)c2ccccc2n1. The van der Waals surface area contributed by atoms with E-state index in [4.69, 9.17) is 4.74 Å². The number of para-hydroxylation sites is 1. The van der Waals surface area contributed by atoms with Gasteiger partial charge in [0, 0.05) is 17.7 Å². The van der Waals surface area contributed by atoms with Gasteiger partial charge < -0.3 is 4.74 Å². The van der Waals surface area contributed by atoms with E-state index in [1.807, 2.05) is 0 Å². The van der Waals surface area contributed by atoms with E-state index in [1.54, 1.807) is 24.3 Å². The predicted molar refractivity (Wildman–Crippen MR) is 74.2 cm³/mol. The highest BCUT2D eigenvalue weighted by Gasteiger charge is 2.35. The molecule has 1 atom stereocenters. The summed E-state index contributed by atoms with van der Waals surface area (Å²) in [5, 5.41) is 1.01. The summed E-state index contributed by atoms with van der Waals surface area (Å²) in [6.45, 7) is 0.726. The molecule has 1 aliphatic heterocycles. The molecule has 2 heterocycles. The molecule has 0 amide bonds. The lowest BCUT2D eigenvalue weighted by atomic mass is 10.2. The van der Waals surface area contributed by atoms with Crippen LogP contribution in [-0.2, 0) is 10.9 Å². The number of ether oxygens (including phenoxy) is 1. The van der Waals surface area contributed by atoms with Gasteiger partial charge in [0.05, 0.1) is 11.6 Å². The Morgan fingerprint density at radius 2 is 2.05 bits per heavy atom. The van der Waals surface area contributed by atoms with Crippen LogP contribution in [0.5, 0.6) is 0 Å². The van der Waals surface area contributed by atoms with Crippen molar-refractivity contribution in [1.29, 1.82) is 0 Å². The first-order valence-electron chi connectivity index (χ1n) is 6.62. The van der Waals surface area contributed by atoms with Crippen molar-refractivity contribution < 1.29 is 17.9 Å². The fourth-order valence-electron chi connectivity index (χ4n) is 2.23. The average Bonchev–Trinajstić information content (AvgIpc) is 2.96. The molecule has 3 rings (SSSR count). The summed E-state index contributed by atoms with van der Waals surface area (Å²) in [4.78, 5) is 7.31. The van der Waals surface area contributed by atoms with Crippen LogP contribution in [0.3, 0.4) is 0 Å². The Morgan fingerprint density at radius 3 is 2.76 bits per heavy atom. The molecule has 0 spiro atoms. The van der Waals surface area contributed by atoms with Crippen LogP contribution in [0.25, 0.3) is 10.9 Å². The Balaban J connectivity index is 1.94. The fraction of sp³-hybridized carbons (Fsp3) is 0.429. The predicted octanol–water partition coefficient (Wildman–Crippen LogP) is 3.92. The Hall–Kier alpha value is -1.34. The molecular weight excluding hydrogens is 301 g/mol. The molecule has 0 saturated carbocycles. The number of nitrogens with zero attached hydrogens (tertiary/aromatic N) is 2. The van der Waals surface area contributed by atoms with Crippen molar-refractivity contribution in [1.82, 2.24) is 9.97 Å². The highest BCUT2D eigenvalue weighted by molar-refractivity contribution is 7.99. The third-order valence-electron chi connectivity index (χ3n) is 3.25.